The van der Waals surface area contributed by atoms with Gasteiger partial charge in [0.2, 0.25) is 11.8 Å². The highest BCUT2D eigenvalue weighted by atomic mass is 16.5. The lowest BCUT2D eigenvalue weighted by molar-refractivity contribution is 0.156. The Morgan fingerprint density at radius 3 is 2.57 bits per heavy atom. The number of rotatable bonds is 7. The Balaban J connectivity index is 0.00000108. The van der Waals surface area contributed by atoms with Crippen molar-refractivity contribution in [1.82, 2.24) is 19.7 Å². The van der Waals surface area contributed by atoms with Gasteiger partial charge in [0.1, 0.15) is 6.61 Å². The molecule has 1 fully saturated rings. The second kappa shape index (κ2) is 12.2. The second-order valence-electron chi connectivity index (χ2n) is 8.52. The molecule has 0 saturated carbocycles. The number of nitriles is 1. The number of nitrogens with zero attached hydrogens (tertiary/aromatic N) is 6. The molecule has 0 aliphatic carbocycles. The number of ether oxygens (including phenoxy) is 3. The second-order valence-corrected chi connectivity index (χ2v) is 8.52. The van der Waals surface area contributed by atoms with Crippen LogP contribution in [0, 0.1) is 16.7 Å². The van der Waals surface area contributed by atoms with Crippen molar-refractivity contribution in [3.8, 4) is 17.6 Å². The third-order valence-corrected chi connectivity index (χ3v) is 6.02. The molecule has 2 aromatic heterocycles. The van der Waals surface area contributed by atoms with Gasteiger partial charge in [0.25, 0.3) is 0 Å². The first kappa shape index (κ1) is 26.0. The average molecular weight is 479 g/mol. The van der Waals surface area contributed by atoms with Gasteiger partial charge in [-0.3, -0.25) is 4.57 Å². The smallest absolute Gasteiger partial charge is 0.232 e. The largest absolute Gasteiger partial charge is 0.500 e. The maximum atomic E-state index is 9.27. The van der Waals surface area contributed by atoms with E-state index in [9.17, 15) is 5.26 Å². The molecule has 0 N–H and O–H groups in total. The summed E-state index contributed by atoms with van der Waals surface area (Å²) in [4.78, 5) is 6.55. The summed E-state index contributed by atoms with van der Waals surface area (Å²) in [6, 6.07) is 5.91. The SMILES string of the molecule is C=C/C(C#N)=C\C1=COCC12CCN(c1nnc(COC)n1-c1ccc(OC)nc1)CC2.CCC. The van der Waals surface area contributed by atoms with Gasteiger partial charge in [-0.05, 0) is 30.6 Å². The van der Waals surface area contributed by atoms with Crippen molar-refractivity contribution in [3.63, 3.8) is 0 Å². The zero-order chi connectivity index (χ0) is 25.3. The lowest BCUT2D eigenvalue weighted by Crippen LogP contribution is -2.42. The van der Waals surface area contributed by atoms with E-state index in [4.69, 9.17) is 14.2 Å². The van der Waals surface area contributed by atoms with Crippen LogP contribution in [0.5, 0.6) is 5.88 Å². The lowest BCUT2D eigenvalue weighted by atomic mass is 9.74. The normalized spacial score (nSPS) is 16.6. The van der Waals surface area contributed by atoms with Crippen LogP contribution in [-0.4, -0.2) is 53.7 Å². The van der Waals surface area contributed by atoms with Crippen LogP contribution in [0.4, 0.5) is 5.95 Å². The summed E-state index contributed by atoms with van der Waals surface area (Å²) in [5.41, 5.74) is 2.33. The number of allylic oxidation sites excluding steroid dienone is 3. The van der Waals surface area contributed by atoms with Crippen LogP contribution < -0.4 is 9.64 Å². The molecular weight excluding hydrogens is 444 g/mol. The Labute approximate surface area is 207 Å². The number of anilines is 1. The van der Waals surface area contributed by atoms with Crippen molar-refractivity contribution in [2.45, 2.75) is 39.7 Å². The standard InChI is InChI=1S/C23H26N6O3.C3H8/c1-4-17(12-24)11-18-14-32-16-23(18)7-9-28(10-8-23)22-27-26-20(15-30-2)29(22)19-5-6-21(31-3)25-13-19;1-3-2/h4-6,11,13-14H,1,7-10,15-16H2,2-3H3;3H2,1-2H3/b17-11+;. The monoisotopic (exact) mass is 478 g/mol. The van der Waals surface area contributed by atoms with Crippen LogP contribution in [0.1, 0.15) is 38.9 Å². The zero-order valence-electron chi connectivity index (χ0n) is 21.0. The Bertz CT molecular complexity index is 1090. The topological polar surface area (TPSA) is 98.3 Å². The molecule has 2 aliphatic rings. The lowest BCUT2D eigenvalue weighted by Gasteiger charge is -2.39. The molecule has 0 aromatic carbocycles. The first-order chi connectivity index (χ1) is 17.0. The van der Waals surface area contributed by atoms with E-state index in [0.29, 0.717) is 30.5 Å². The van der Waals surface area contributed by atoms with Crippen LogP contribution in [-0.2, 0) is 16.1 Å². The third kappa shape index (κ3) is 5.72. The molecule has 2 aliphatic heterocycles. The summed E-state index contributed by atoms with van der Waals surface area (Å²) in [7, 11) is 3.22. The van der Waals surface area contributed by atoms with Crippen molar-refractivity contribution in [2.75, 3.05) is 38.8 Å². The number of pyridine rings is 1. The summed E-state index contributed by atoms with van der Waals surface area (Å²) >= 11 is 0. The molecular formula is C26H34N6O3. The van der Waals surface area contributed by atoms with E-state index in [0.717, 1.165) is 43.1 Å². The minimum Gasteiger partial charge on any atom is -0.500 e. The van der Waals surface area contributed by atoms with Crippen LogP contribution >= 0.6 is 0 Å². The summed E-state index contributed by atoms with van der Waals surface area (Å²) in [6.45, 7) is 10.5. The van der Waals surface area contributed by atoms with Crippen LogP contribution in [0.2, 0.25) is 0 Å². The quantitative estimate of drug-likeness (QED) is 0.427. The van der Waals surface area contributed by atoms with Crippen LogP contribution in [0.3, 0.4) is 0 Å². The zero-order valence-corrected chi connectivity index (χ0v) is 21.0. The van der Waals surface area contributed by atoms with Crippen molar-refractivity contribution in [1.29, 1.82) is 5.26 Å². The van der Waals surface area contributed by atoms with Gasteiger partial charge >= 0.3 is 0 Å². The van der Waals surface area contributed by atoms with E-state index in [1.54, 1.807) is 32.8 Å². The van der Waals surface area contributed by atoms with E-state index < -0.39 is 0 Å². The number of hydrogen-bond acceptors (Lipinski definition) is 8. The van der Waals surface area contributed by atoms with Gasteiger partial charge < -0.3 is 19.1 Å². The summed E-state index contributed by atoms with van der Waals surface area (Å²) in [5.74, 6) is 2.00. The number of aromatic nitrogens is 4. The maximum absolute atomic E-state index is 9.27. The molecule has 0 atom stereocenters. The fourth-order valence-corrected chi connectivity index (χ4v) is 4.18. The fourth-order valence-electron chi connectivity index (χ4n) is 4.18. The van der Waals surface area contributed by atoms with Gasteiger partial charge in [0, 0.05) is 31.7 Å². The number of methoxy groups -OCH3 is 2. The highest BCUT2D eigenvalue weighted by molar-refractivity contribution is 5.46. The molecule has 4 rings (SSSR count). The van der Waals surface area contributed by atoms with Crippen LogP contribution in [0.25, 0.3) is 5.69 Å². The molecule has 1 spiro atoms. The van der Waals surface area contributed by atoms with Crippen molar-refractivity contribution < 1.29 is 14.2 Å². The molecule has 9 nitrogen and oxygen atoms in total. The molecule has 186 valence electrons. The fraction of sp³-hybridized carbons (Fsp3) is 0.462. The summed E-state index contributed by atoms with van der Waals surface area (Å²) in [6.07, 6.45) is 9.98. The van der Waals surface area contributed by atoms with Crippen molar-refractivity contribution >= 4 is 5.95 Å². The van der Waals surface area contributed by atoms with Gasteiger partial charge in [-0.25, -0.2) is 4.98 Å². The molecule has 4 heterocycles. The molecule has 0 radical (unpaired) electrons. The van der Waals surface area contributed by atoms with E-state index in [2.05, 4.69) is 46.6 Å². The average Bonchev–Trinajstić information content (AvgIpc) is 3.48. The highest BCUT2D eigenvalue weighted by Gasteiger charge is 2.42. The van der Waals surface area contributed by atoms with E-state index in [1.165, 1.54) is 6.42 Å². The highest BCUT2D eigenvalue weighted by Crippen LogP contribution is 2.44. The van der Waals surface area contributed by atoms with Gasteiger partial charge in [0.05, 0.1) is 43.5 Å². The summed E-state index contributed by atoms with van der Waals surface area (Å²) < 4.78 is 18.2. The molecule has 2 aromatic rings. The molecule has 9 heteroatoms. The Kier molecular flexibility index (Phi) is 9.04. The molecule has 35 heavy (non-hydrogen) atoms. The minimum atomic E-state index is -0.108. The van der Waals surface area contributed by atoms with E-state index in [1.807, 2.05) is 22.8 Å². The van der Waals surface area contributed by atoms with Crippen LogP contribution in [0.15, 0.2) is 54.5 Å². The van der Waals surface area contributed by atoms with Crippen molar-refractivity contribution in [2.24, 2.45) is 5.41 Å². The maximum Gasteiger partial charge on any atom is 0.232 e. The molecule has 0 bridgehead atoms. The van der Waals surface area contributed by atoms with E-state index in [-0.39, 0.29) is 5.41 Å². The molecule has 0 unspecified atom stereocenters. The van der Waals surface area contributed by atoms with Gasteiger partial charge in [-0.1, -0.05) is 32.9 Å². The predicted octanol–water partition coefficient (Wildman–Crippen LogP) is 4.37. The molecule has 0 amide bonds. The van der Waals surface area contributed by atoms with Gasteiger partial charge in [-0.2, -0.15) is 5.26 Å². The first-order valence-corrected chi connectivity index (χ1v) is 11.8. The van der Waals surface area contributed by atoms with E-state index >= 15 is 0 Å². The third-order valence-electron chi connectivity index (χ3n) is 6.02. The Morgan fingerprint density at radius 2 is 2.00 bits per heavy atom. The minimum absolute atomic E-state index is 0.108. The number of hydrogen-bond donors (Lipinski definition) is 0. The van der Waals surface area contributed by atoms with Gasteiger partial charge in [0.15, 0.2) is 5.82 Å². The predicted molar refractivity (Wildman–Crippen MR) is 134 cm³/mol. The first-order valence-electron chi connectivity index (χ1n) is 11.8. The summed E-state index contributed by atoms with van der Waals surface area (Å²) in [5, 5.41) is 18.1. The Hall–Kier alpha value is -3.64. The van der Waals surface area contributed by atoms with Crippen molar-refractivity contribution in [3.05, 3.63) is 60.3 Å². The molecule has 1 saturated heterocycles. The van der Waals surface area contributed by atoms with Gasteiger partial charge in [-0.15, -0.1) is 10.2 Å². The Morgan fingerprint density at radius 1 is 1.26 bits per heavy atom. The number of piperidine rings is 1.